The van der Waals surface area contributed by atoms with Gasteiger partial charge in [0.15, 0.2) is 0 Å². The van der Waals surface area contributed by atoms with Crippen molar-refractivity contribution < 1.29 is 0 Å². The van der Waals surface area contributed by atoms with Crippen LogP contribution in [0.2, 0.25) is 0 Å². The third-order valence-corrected chi connectivity index (χ3v) is 3.75. The van der Waals surface area contributed by atoms with Crippen molar-refractivity contribution in [2.75, 3.05) is 19.6 Å². The van der Waals surface area contributed by atoms with E-state index in [0.29, 0.717) is 6.04 Å². The van der Waals surface area contributed by atoms with Gasteiger partial charge in [-0.05, 0) is 26.3 Å². The Kier molecular flexibility index (Phi) is 7.06. The van der Waals surface area contributed by atoms with Gasteiger partial charge in [-0.2, -0.15) is 0 Å². The first-order valence-electron chi connectivity index (χ1n) is 7.25. The van der Waals surface area contributed by atoms with Crippen LogP contribution in [0.4, 0.5) is 0 Å². The van der Waals surface area contributed by atoms with Crippen LogP contribution >= 0.6 is 0 Å². The second-order valence-corrected chi connectivity index (χ2v) is 5.28. The SMILES string of the molecule is CCCCCCCN1CC(C)NCC1CC. The highest BCUT2D eigenvalue weighted by molar-refractivity contribution is 4.83. The Morgan fingerprint density at radius 3 is 2.56 bits per heavy atom. The third kappa shape index (κ3) is 4.84. The molecule has 0 amide bonds. The van der Waals surface area contributed by atoms with Crippen molar-refractivity contribution in [1.82, 2.24) is 10.2 Å². The lowest BCUT2D eigenvalue weighted by Crippen LogP contribution is -2.55. The second-order valence-electron chi connectivity index (χ2n) is 5.28. The van der Waals surface area contributed by atoms with Crippen LogP contribution < -0.4 is 5.32 Å². The molecule has 1 fully saturated rings. The summed E-state index contributed by atoms with van der Waals surface area (Å²) in [5, 5.41) is 3.58. The Labute approximate surface area is 102 Å². The maximum Gasteiger partial charge on any atom is 0.0218 e. The molecule has 16 heavy (non-hydrogen) atoms. The van der Waals surface area contributed by atoms with Crippen molar-refractivity contribution in [2.24, 2.45) is 0 Å². The van der Waals surface area contributed by atoms with Gasteiger partial charge >= 0.3 is 0 Å². The first-order valence-corrected chi connectivity index (χ1v) is 7.25. The van der Waals surface area contributed by atoms with E-state index in [1.807, 2.05) is 0 Å². The maximum absolute atomic E-state index is 3.58. The number of hydrogen-bond donors (Lipinski definition) is 1. The fourth-order valence-electron chi connectivity index (χ4n) is 2.63. The van der Waals surface area contributed by atoms with E-state index in [-0.39, 0.29) is 0 Å². The zero-order chi connectivity index (χ0) is 11.8. The zero-order valence-corrected chi connectivity index (χ0v) is 11.5. The van der Waals surface area contributed by atoms with Crippen molar-refractivity contribution in [1.29, 1.82) is 0 Å². The van der Waals surface area contributed by atoms with Crippen LogP contribution in [0.1, 0.15) is 59.3 Å². The van der Waals surface area contributed by atoms with Crippen molar-refractivity contribution in [3.05, 3.63) is 0 Å². The number of nitrogens with one attached hydrogen (secondary N) is 1. The molecule has 2 atom stereocenters. The number of rotatable bonds is 7. The van der Waals surface area contributed by atoms with Gasteiger partial charge in [-0.15, -0.1) is 0 Å². The van der Waals surface area contributed by atoms with E-state index in [0.717, 1.165) is 6.04 Å². The first kappa shape index (κ1) is 14.0. The predicted octanol–water partition coefficient (Wildman–Crippen LogP) is 3.03. The molecule has 2 nitrogen and oxygen atoms in total. The Balaban J connectivity index is 2.16. The van der Waals surface area contributed by atoms with Gasteiger partial charge in [0.2, 0.25) is 0 Å². The molecule has 2 unspecified atom stereocenters. The highest BCUT2D eigenvalue weighted by atomic mass is 15.2. The largest absolute Gasteiger partial charge is 0.311 e. The molecule has 1 N–H and O–H groups in total. The van der Waals surface area contributed by atoms with Gasteiger partial charge in [0.25, 0.3) is 0 Å². The van der Waals surface area contributed by atoms with Crippen LogP contribution in [0.15, 0.2) is 0 Å². The summed E-state index contributed by atoms with van der Waals surface area (Å²) >= 11 is 0. The summed E-state index contributed by atoms with van der Waals surface area (Å²) in [5.41, 5.74) is 0. The number of hydrogen-bond acceptors (Lipinski definition) is 2. The zero-order valence-electron chi connectivity index (χ0n) is 11.5. The fourth-order valence-corrected chi connectivity index (χ4v) is 2.63. The molecule has 0 radical (unpaired) electrons. The van der Waals surface area contributed by atoms with Crippen molar-refractivity contribution in [3.8, 4) is 0 Å². The smallest absolute Gasteiger partial charge is 0.0218 e. The van der Waals surface area contributed by atoms with Crippen molar-refractivity contribution in [3.63, 3.8) is 0 Å². The van der Waals surface area contributed by atoms with E-state index < -0.39 is 0 Å². The summed E-state index contributed by atoms with van der Waals surface area (Å²) in [6.07, 6.45) is 8.28. The summed E-state index contributed by atoms with van der Waals surface area (Å²) in [7, 11) is 0. The van der Waals surface area contributed by atoms with E-state index in [2.05, 4.69) is 31.0 Å². The van der Waals surface area contributed by atoms with Crippen LogP contribution in [0.25, 0.3) is 0 Å². The predicted molar refractivity (Wildman–Crippen MR) is 71.9 cm³/mol. The quantitative estimate of drug-likeness (QED) is 0.671. The molecule has 0 aromatic carbocycles. The van der Waals surface area contributed by atoms with E-state index in [1.165, 1.54) is 58.2 Å². The molecule has 1 aliphatic heterocycles. The lowest BCUT2D eigenvalue weighted by Gasteiger charge is -2.39. The van der Waals surface area contributed by atoms with Crippen molar-refractivity contribution >= 4 is 0 Å². The molecule has 1 aliphatic rings. The van der Waals surface area contributed by atoms with Crippen LogP contribution in [-0.2, 0) is 0 Å². The van der Waals surface area contributed by atoms with Crippen LogP contribution in [0.5, 0.6) is 0 Å². The number of unbranched alkanes of at least 4 members (excludes halogenated alkanes) is 4. The van der Waals surface area contributed by atoms with E-state index in [4.69, 9.17) is 0 Å². The van der Waals surface area contributed by atoms with E-state index in [1.54, 1.807) is 0 Å². The molecule has 1 heterocycles. The van der Waals surface area contributed by atoms with Gasteiger partial charge in [-0.1, -0.05) is 39.5 Å². The summed E-state index contributed by atoms with van der Waals surface area (Å²) in [6, 6.07) is 1.46. The molecule has 0 saturated carbocycles. The molecule has 0 bridgehead atoms. The molecule has 0 aromatic rings. The molecule has 2 heteroatoms. The van der Waals surface area contributed by atoms with Gasteiger partial charge in [0.1, 0.15) is 0 Å². The molecule has 0 aliphatic carbocycles. The minimum atomic E-state index is 0.679. The molecule has 0 spiro atoms. The average molecular weight is 226 g/mol. The van der Waals surface area contributed by atoms with Crippen LogP contribution in [-0.4, -0.2) is 36.6 Å². The summed E-state index contributed by atoms with van der Waals surface area (Å²) < 4.78 is 0. The van der Waals surface area contributed by atoms with Gasteiger partial charge in [0, 0.05) is 25.2 Å². The molecule has 0 aromatic heterocycles. The highest BCUT2D eigenvalue weighted by Gasteiger charge is 2.23. The summed E-state index contributed by atoms with van der Waals surface area (Å²) in [5.74, 6) is 0. The molecule has 1 rings (SSSR count). The Bertz CT molecular complexity index is 170. The van der Waals surface area contributed by atoms with Gasteiger partial charge in [-0.3, -0.25) is 4.90 Å². The van der Waals surface area contributed by atoms with Gasteiger partial charge in [-0.25, -0.2) is 0 Å². The van der Waals surface area contributed by atoms with Crippen LogP contribution in [0, 0.1) is 0 Å². The van der Waals surface area contributed by atoms with E-state index in [9.17, 15) is 0 Å². The number of piperazine rings is 1. The minimum Gasteiger partial charge on any atom is -0.311 e. The second kappa shape index (κ2) is 8.08. The normalized spacial score (nSPS) is 27.2. The third-order valence-electron chi connectivity index (χ3n) is 3.75. The fraction of sp³-hybridized carbons (Fsp3) is 1.00. The Morgan fingerprint density at radius 1 is 1.12 bits per heavy atom. The summed E-state index contributed by atoms with van der Waals surface area (Å²) in [6.45, 7) is 10.6. The van der Waals surface area contributed by atoms with Gasteiger partial charge in [0.05, 0.1) is 0 Å². The minimum absolute atomic E-state index is 0.679. The molecular formula is C14H30N2. The Hall–Kier alpha value is -0.0800. The Morgan fingerprint density at radius 2 is 1.88 bits per heavy atom. The van der Waals surface area contributed by atoms with Crippen molar-refractivity contribution in [2.45, 2.75) is 71.4 Å². The summed E-state index contributed by atoms with van der Waals surface area (Å²) in [4.78, 5) is 2.70. The molecule has 1 saturated heterocycles. The average Bonchev–Trinajstić information content (AvgIpc) is 2.29. The number of nitrogens with zero attached hydrogens (tertiary/aromatic N) is 1. The van der Waals surface area contributed by atoms with Gasteiger partial charge < -0.3 is 5.32 Å². The lowest BCUT2D eigenvalue weighted by atomic mass is 10.1. The topological polar surface area (TPSA) is 15.3 Å². The standard InChI is InChI=1S/C14H30N2/c1-4-6-7-8-9-10-16-12-13(3)15-11-14(16)5-2/h13-15H,4-12H2,1-3H3. The monoisotopic (exact) mass is 226 g/mol. The lowest BCUT2D eigenvalue weighted by molar-refractivity contribution is 0.129. The van der Waals surface area contributed by atoms with Crippen LogP contribution in [0.3, 0.4) is 0 Å². The molecular weight excluding hydrogens is 196 g/mol. The molecule has 96 valence electrons. The first-order chi connectivity index (χ1) is 7.77. The highest BCUT2D eigenvalue weighted by Crippen LogP contribution is 2.12. The van der Waals surface area contributed by atoms with E-state index >= 15 is 0 Å². The maximum atomic E-state index is 3.58.